The quantitative estimate of drug-likeness (QED) is 0.836. The van der Waals surface area contributed by atoms with E-state index in [1.807, 2.05) is 6.92 Å². The molecule has 1 N–H and O–H groups in total. The maximum absolute atomic E-state index is 13.6. The summed E-state index contributed by atoms with van der Waals surface area (Å²) in [7, 11) is -2.42. The van der Waals surface area contributed by atoms with E-state index in [-0.39, 0.29) is 23.2 Å². The van der Waals surface area contributed by atoms with Crippen LogP contribution in [0, 0.1) is 5.82 Å². The number of hydrogen-bond donors (Lipinski definition) is 1. The summed E-state index contributed by atoms with van der Waals surface area (Å²) >= 11 is 0. The van der Waals surface area contributed by atoms with Crippen LogP contribution < -0.4 is 9.46 Å². The Kier molecular flexibility index (Phi) is 5.74. The molecule has 1 heterocycles. The highest BCUT2D eigenvalue weighted by Crippen LogP contribution is 2.20. The van der Waals surface area contributed by atoms with Crippen molar-refractivity contribution in [2.24, 2.45) is 0 Å². The van der Waals surface area contributed by atoms with Gasteiger partial charge in [0.05, 0.1) is 25.2 Å². The van der Waals surface area contributed by atoms with Gasteiger partial charge in [-0.25, -0.2) is 17.5 Å². The minimum absolute atomic E-state index is 0.0145. The van der Waals surface area contributed by atoms with Gasteiger partial charge in [0.15, 0.2) is 11.6 Å². The van der Waals surface area contributed by atoms with E-state index in [0.29, 0.717) is 13.2 Å². The zero-order valence-electron chi connectivity index (χ0n) is 12.7. The molecule has 8 heteroatoms. The molecule has 1 aromatic carbocycles. The van der Waals surface area contributed by atoms with Crippen LogP contribution in [0.15, 0.2) is 23.1 Å². The minimum atomic E-state index is -3.74. The molecule has 124 valence electrons. The number of benzene rings is 1. The molecular formula is C14H21FN2O4S. The normalized spacial score (nSPS) is 18.1. The molecule has 1 aliphatic heterocycles. The van der Waals surface area contributed by atoms with Crippen LogP contribution in [0.4, 0.5) is 4.39 Å². The summed E-state index contributed by atoms with van der Waals surface area (Å²) in [4.78, 5) is 2.04. The Bertz CT molecular complexity index is 603. The highest BCUT2D eigenvalue weighted by atomic mass is 32.2. The second-order valence-electron chi connectivity index (χ2n) is 5.15. The third kappa shape index (κ3) is 4.16. The number of rotatable bonds is 6. The first-order chi connectivity index (χ1) is 10.4. The van der Waals surface area contributed by atoms with Crippen molar-refractivity contribution in [1.82, 2.24) is 9.62 Å². The van der Waals surface area contributed by atoms with Gasteiger partial charge in [-0.05, 0) is 25.1 Å². The van der Waals surface area contributed by atoms with Gasteiger partial charge in [-0.3, -0.25) is 4.90 Å². The topological polar surface area (TPSA) is 67.9 Å². The zero-order valence-corrected chi connectivity index (χ0v) is 13.5. The second kappa shape index (κ2) is 7.36. The summed E-state index contributed by atoms with van der Waals surface area (Å²) < 4.78 is 50.6. The van der Waals surface area contributed by atoms with E-state index in [0.717, 1.165) is 19.2 Å². The fourth-order valence-corrected chi connectivity index (χ4v) is 3.41. The van der Waals surface area contributed by atoms with Gasteiger partial charge in [-0.2, -0.15) is 0 Å². The number of nitrogens with one attached hydrogen (secondary N) is 1. The second-order valence-corrected chi connectivity index (χ2v) is 6.91. The first-order valence-electron chi connectivity index (χ1n) is 7.09. The molecule has 0 aromatic heterocycles. The Morgan fingerprint density at radius 3 is 2.68 bits per heavy atom. The van der Waals surface area contributed by atoms with E-state index in [2.05, 4.69) is 9.62 Å². The van der Waals surface area contributed by atoms with Crippen molar-refractivity contribution < 1.29 is 22.3 Å². The summed E-state index contributed by atoms with van der Waals surface area (Å²) in [5.41, 5.74) is 0. The number of ether oxygens (including phenoxy) is 2. The van der Waals surface area contributed by atoms with Gasteiger partial charge < -0.3 is 9.47 Å². The number of methoxy groups -OCH3 is 1. The molecule has 0 saturated carbocycles. The number of hydrogen-bond acceptors (Lipinski definition) is 5. The van der Waals surface area contributed by atoms with Crippen molar-refractivity contribution >= 4 is 10.0 Å². The fraction of sp³-hybridized carbons (Fsp3) is 0.571. The summed E-state index contributed by atoms with van der Waals surface area (Å²) in [5.74, 6) is -0.688. The lowest BCUT2D eigenvalue weighted by atomic mass is 10.2. The Morgan fingerprint density at radius 1 is 1.41 bits per heavy atom. The number of halogens is 1. The first kappa shape index (κ1) is 17.1. The molecule has 2 rings (SSSR count). The molecule has 0 bridgehead atoms. The zero-order chi connectivity index (χ0) is 16.2. The monoisotopic (exact) mass is 332 g/mol. The van der Waals surface area contributed by atoms with Crippen molar-refractivity contribution in [3.63, 3.8) is 0 Å². The molecule has 0 radical (unpaired) electrons. The summed E-state index contributed by atoms with van der Waals surface area (Å²) in [5, 5.41) is 0. The molecule has 0 amide bonds. The van der Waals surface area contributed by atoms with Crippen LogP contribution >= 0.6 is 0 Å². The van der Waals surface area contributed by atoms with Crippen LogP contribution in [0.1, 0.15) is 6.92 Å². The molecule has 0 spiro atoms. The molecule has 1 unspecified atom stereocenters. The Morgan fingerprint density at radius 2 is 2.09 bits per heavy atom. The van der Waals surface area contributed by atoms with Crippen LogP contribution in [-0.2, 0) is 14.8 Å². The standard InChI is InChI=1S/C14H21FN2O4S/c1-11(17-5-7-21-8-6-17)10-16-22(18,19)12-3-4-14(20-2)13(15)9-12/h3-4,9,11,16H,5-8,10H2,1-2H3. The predicted octanol–water partition coefficient (Wildman–Crippen LogP) is 0.833. The number of morpholine rings is 1. The Balaban J connectivity index is 1.99. The van der Waals surface area contributed by atoms with Gasteiger partial charge in [0.25, 0.3) is 0 Å². The van der Waals surface area contributed by atoms with Crippen LogP contribution in [0.3, 0.4) is 0 Å². The molecule has 6 nitrogen and oxygen atoms in total. The van der Waals surface area contributed by atoms with Gasteiger partial charge in [0, 0.05) is 25.7 Å². The van der Waals surface area contributed by atoms with Crippen LogP contribution in [-0.4, -0.2) is 59.3 Å². The molecule has 0 aliphatic carbocycles. The Hall–Kier alpha value is -1.22. The largest absolute Gasteiger partial charge is 0.494 e. The van der Waals surface area contributed by atoms with Crippen molar-refractivity contribution in [2.75, 3.05) is 40.0 Å². The average molecular weight is 332 g/mol. The lowest BCUT2D eigenvalue weighted by Crippen LogP contribution is -2.47. The van der Waals surface area contributed by atoms with Crippen molar-refractivity contribution in [3.8, 4) is 5.75 Å². The lowest BCUT2D eigenvalue weighted by molar-refractivity contribution is 0.0213. The molecule has 1 aliphatic rings. The van der Waals surface area contributed by atoms with Crippen LogP contribution in [0.2, 0.25) is 0 Å². The average Bonchev–Trinajstić information content (AvgIpc) is 2.53. The maximum Gasteiger partial charge on any atom is 0.240 e. The summed E-state index contributed by atoms with van der Waals surface area (Å²) in [6.45, 7) is 5.07. The molecule has 1 saturated heterocycles. The predicted molar refractivity (Wildman–Crippen MR) is 80.0 cm³/mol. The van der Waals surface area contributed by atoms with E-state index in [9.17, 15) is 12.8 Å². The van der Waals surface area contributed by atoms with Crippen molar-refractivity contribution in [1.29, 1.82) is 0 Å². The fourth-order valence-electron chi connectivity index (χ4n) is 2.28. The van der Waals surface area contributed by atoms with Crippen molar-refractivity contribution in [2.45, 2.75) is 17.9 Å². The van der Waals surface area contributed by atoms with E-state index >= 15 is 0 Å². The van der Waals surface area contributed by atoms with Gasteiger partial charge in [0.2, 0.25) is 10.0 Å². The third-order valence-corrected chi connectivity index (χ3v) is 5.09. The van der Waals surface area contributed by atoms with Gasteiger partial charge >= 0.3 is 0 Å². The molecular weight excluding hydrogens is 311 g/mol. The van der Waals surface area contributed by atoms with Crippen LogP contribution in [0.5, 0.6) is 5.75 Å². The highest BCUT2D eigenvalue weighted by molar-refractivity contribution is 7.89. The Labute approximate surface area is 130 Å². The summed E-state index contributed by atoms with van der Waals surface area (Å²) in [6, 6.07) is 3.63. The summed E-state index contributed by atoms with van der Waals surface area (Å²) in [6.07, 6.45) is 0. The number of nitrogens with zero attached hydrogens (tertiary/aromatic N) is 1. The number of sulfonamides is 1. The van der Waals surface area contributed by atoms with Gasteiger partial charge in [-0.1, -0.05) is 0 Å². The van der Waals surface area contributed by atoms with Gasteiger partial charge in [0.1, 0.15) is 0 Å². The van der Waals surface area contributed by atoms with Crippen molar-refractivity contribution in [3.05, 3.63) is 24.0 Å². The van der Waals surface area contributed by atoms with E-state index in [1.54, 1.807) is 0 Å². The van der Waals surface area contributed by atoms with Crippen LogP contribution in [0.25, 0.3) is 0 Å². The SMILES string of the molecule is COc1ccc(S(=O)(=O)NCC(C)N2CCOCC2)cc1F. The smallest absolute Gasteiger partial charge is 0.240 e. The first-order valence-corrected chi connectivity index (χ1v) is 8.57. The van der Waals surface area contributed by atoms with E-state index in [1.165, 1.54) is 19.2 Å². The molecule has 1 fully saturated rings. The lowest BCUT2D eigenvalue weighted by Gasteiger charge is -2.32. The van der Waals surface area contributed by atoms with E-state index in [4.69, 9.17) is 9.47 Å². The third-order valence-electron chi connectivity index (χ3n) is 3.67. The van der Waals surface area contributed by atoms with E-state index < -0.39 is 15.8 Å². The highest BCUT2D eigenvalue weighted by Gasteiger charge is 2.21. The molecule has 1 atom stereocenters. The minimum Gasteiger partial charge on any atom is -0.494 e. The maximum atomic E-state index is 13.6. The molecule has 1 aromatic rings. The molecule has 22 heavy (non-hydrogen) atoms. The van der Waals surface area contributed by atoms with Gasteiger partial charge in [-0.15, -0.1) is 0 Å².